The highest BCUT2D eigenvalue weighted by molar-refractivity contribution is 5.70. The lowest BCUT2D eigenvalue weighted by molar-refractivity contribution is -0.119. The van der Waals surface area contributed by atoms with Gasteiger partial charge in [-0.2, -0.15) is 0 Å². The number of ether oxygens (including phenoxy) is 1. The lowest BCUT2D eigenvalue weighted by Crippen LogP contribution is -2.48. The summed E-state index contributed by atoms with van der Waals surface area (Å²) in [6.07, 6.45) is 3.20. The molecule has 1 heterocycles. The Balaban J connectivity index is 2.66. The third kappa shape index (κ3) is 3.72. The molecule has 1 aliphatic heterocycles. The van der Waals surface area contributed by atoms with Gasteiger partial charge >= 0.3 is 6.09 Å². The fourth-order valence-corrected chi connectivity index (χ4v) is 2.11. The Hall–Kier alpha value is -1.06. The maximum absolute atomic E-state index is 11.9. The van der Waals surface area contributed by atoms with Gasteiger partial charge in [0.25, 0.3) is 0 Å². The highest BCUT2D eigenvalue weighted by atomic mass is 16.6. The Kier molecular flexibility index (Phi) is 4.17. The van der Waals surface area contributed by atoms with E-state index >= 15 is 0 Å². The van der Waals surface area contributed by atoms with E-state index in [1.54, 1.807) is 4.90 Å². The summed E-state index contributed by atoms with van der Waals surface area (Å²) in [4.78, 5) is 24.8. The number of aldehydes is 1. The molecule has 0 aliphatic carbocycles. The van der Waals surface area contributed by atoms with Gasteiger partial charge < -0.3 is 14.4 Å². The molecule has 1 amide bonds. The van der Waals surface area contributed by atoms with Gasteiger partial charge in [0.05, 0.1) is 0 Å². The Labute approximate surface area is 103 Å². The Morgan fingerprint density at radius 3 is 2.59 bits per heavy atom. The predicted octanol–water partition coefficient (Wildman–Crippen LogP) is 2.61. The van der Waals surface area contributed by atoms with Crippen molar-refractivity contribution in [2.75, 3.05) is 13.1 Å². The van der Waals surface area contributed by atoms with Gasteiger partial charge in [0.1, 0.15) is 11.9 Å². The number of piperidine rings is 1. The predicted molar refractivity (Wildman–Crippen MR) is 65.8 cm³/mol. The van der Waals surface area contributed by atoms with Crippen LogP contribution in [-0.2, 0) is 9.53 Å². The van der Waals surface area contributed by atoms with E-state index in [2.05, 4.69) is 0 Å². The molecular weight excluding hydrogens is 218 g/mol. The second-order valence-corrected chi connectivity index (χ2v) is 5.84. The summed E-state index contributed by atoms with van der Waals surface area (Å²) < 4.78 is 5.33. The van der Waals surface area contributed by atoms with Crippen LogP contribution in [0.4, 0.5) is 4.79 Å². The molecular formula is C13H23NO3. The first-order valence-electron chi connectivity index (χ1n) is 6.26. The molecule has 1 saturated heterocycles. The molecule has 1 aliphatic rings. The Bertz CT molecular complexity index is 296. The van der Waals surface area contributed by atoms with Crippen LogP contribution in [-0.4, -0.2) is 36.0 Å². The minimum atomic E-state index is -0.482. The molecule has 98 valence electrons. The van der Waals surface area contributed by atoms with Crippen LogP contribution < -0.4 is 0 Å². The van der Waals surface area contributed by atoms with Crippen LogP contribution in [0, 0.1) is 5.41 Å². The highest BCUT2D eigenvalue weighted by Gasteiger charge is 2.36. The minimum absolute atomic E-state index is 0.308. The van der Waals surface area contributed by atoms with E-state index in [-0.39, 0.29) is 11.5 Å². The van der Waals surface area contributed by atoms with Gasteiger partial charge in [-0.3, -0.25) is 0 Å². The average Bonchev–Trinajstić information content (AvgIpc) is 2.27. The van der Waals surface area contributed by atoms with Crippen LogP contribution in [0.25, 0.3) is 0 Å². The highest BCUT2D eigenvalue weighted by Crippen LogP contribution is 2.31. The van der Waals surface area contributed by atoms with Crippen LogP contribution in [0.3, 0.4) is 0 Å². The van der Waals surface area contributed by atoms with Crippen molar-refractivity contribution in [1.82, 2.24) is 4.90 Å². The minimum Gasteiger partial charge on any atom is -0.444 e. The number of carbonyl (C=O) groups excluding carboxylic acids is 2. The summed E-state index contributed by atoms with van der Waals surface area (Å²) in [7, 11) is 0. The molecule has 4 nitrogen and oxygen atoms in total. The number of rotatable bonds is 2. The van der Waals surface area contributed by atoms with Crippen LogP contribution in [0.5, 0.6) is 0 Å². The summed E-state index contributed by atoms with van der Waals surface area (Å²) in [5, 5.41) is 0. The SMILES string of the molecule is CCC1(C=O)CCCN(C(=O)OC(C)(C)C)C1. The van der Waals surface area contributed by atoms with E-state index in [1.807, 2.05) is 27.7 Å². The van der Waals surface area contributed by atoms with Gasteiger partial charge in [0.15, 0.2) is 0 Å². The first kappa shape index (κ1) is 14.0. The van der Waals surface area contributed by atoms with Gasteiger partial charge in [-0.25, -0.2) is 4.79 Å². The zero-order chi connectivity index (χ0) is 13.1. The van der Waals surface area contributed by atoms with Crippen molar-refractivity contribution in [2.45, 2.75) is 52.6 Å². The molecule has 1 atom stereocenters. The lowest BCUT2D eigenvalue weighted by atomic mass is 9.79. The Morgan fingerprint density at radius 1 is 1.47 bits per heavy atom. The topological polar surface area (TPSA) is 46.6 Å². The average molecular weight is 241 g/mol. The van der Waals surface area contributed by atoms with Crippen molar-refractivity contribution in [3.8, 4) is 0 Å². The number of likely N-dealkylation sites (tertiary alicyclic amines) is 1. The van der Waals surface area contributed by atoms with Gasteiger partial charge in [0.2, 0.25) is 0 Å². The number of carbonyl (C=O) groups is 2. The molecule has 0 bridgehead atoms. The maximum Gasteiger partial charge on any atom is 0.410 e. The van der Waals surface area contributed by atoms with Crippen molar-refractivity contribution in [3.05, 3.63) is 0 Å². The van der Waals surface area contributed by atoms with Crippen LogP contribution in [0.1, 0.15) is 47.0 Å². The standard InChI is InChI=1S/C13H23NO3/c1-5-13(10-15)7-6-8-14(9-13)11(16)17-12(2,3)4/h10H,5-9H2,1-4H3. The van der Waals surface area contributed by atoms with E-state index < -0.39 is 5.60 Å². The molecule has 0 aromatic rings. The Morgan fingerprint density at radius 2 is 2.12 bits per heavy atom. The molecule has 1 fully saturated rings. The summed E-state index contributed by atoms with van der Waals surface area (Å²) in [5.74, 6) is 0. The number of amides is 1. The maximum atomic E-state index is 11.9. The largest absolute Gasteiger partial charge is 0.444 e. The monoisotopic (exact) mass is 241 g/mol. The van der Waals surface area contributed by atoms with Crippen molar-refractivity contribution in [3.63, 3.8) is 0 Å². The number of hydrogen-bond acceptors (Lipinski definition) is 3. The molecule has 0 spiro atoms. The zero-order valence-electron chi connectivity index (χ0n) is 11.3. The number of nitrogens with zero attached hydrogens (tertiary/aromatic N) is 1. The van der Waals surface area contributed by atoms with Crippen molar-refractivity contribution in [1.29, 1.82) is 0 Å². The van der Waals surface area contributed by atoms with Crippen molar-refractivity contribution >= 4 is 12.4 Å². The molecule has 0 aromatic carbocycles. The summed E-state index contributed by atoms with van der Waals surface area (Å²) in [6, 6.07) is 0. The van der Waals surface area contributed by atoms with Gasteiger partial charge in [-0.1, -0.05) is 6.92 Å². The van der Waals surface area contributed by atoms with E-state index in [9.17, 15) is 9.59 Å². The molecule has 0 aromatic heterocycles. The number of hydrogen-bond donors (Lipinski definition) is 0. The molecule has 4 heteroatoms. The fraction of sp³-hybridized carbons (Fsp3) is 0.846. The molecule has 0 saturated carbocycles. The summed E-state index contributed by atoms with van der Waals surface area (Å²) in [6.45, 7) is 8.71. The van der Waals surface area contributed by atoms with Gasteiger partial charge in [-0.05, 0) is 40.0 Å². The van der Waals surface area contributed by atoms with E-state index in [4.69, 9.17) is 4.74 Å². The third-order valence-electron chi connectivity index (χ3n) is 3.21. The van der Waals surface area contributed by atoms with Gasteiger partial charge in [-0.15, -0.1) is 0 Å². The van der Waals surface area contributed by atoms with Crippen molar-refractivity contribution < 1.29 is 14.3 Å². The molecule has 1 unspecified atom stereocenters. The normalized spacial score (nSPS) is 25.5. The van der Waals surface area contributed by atoms with E-state index in [0.717, 1.165) is 25.5 Å². The van der Waals surface area contributed by atoms with Crippen molar-refractivity contribution in [2.24, 2.45) is 5.41 Å². The van der Waals surface area contributed by atoms with Crippen LogP contribution in [0.15, 0.2) is 0 Å². The summed E-state index contributed by atoms with van der Waals surface area (Å²) in [5.41, 5.74) is -0.847. The third-order valence-corrected chi connectivity index (χ3v) is 3.21. The zero-order valence-corrected chi connectivity index (χ0v) is 11.3. The molecule has 1 rings (SSSR count). The second-order valence-electron chi connectivity index (χ2n) is 5.84. The molecule has 17 heavy (non-hydrogen) atoms. The first-order valence-corrected chi connectivity index (χ1v) is 6.26. The lowest BCUT2D eigenvalue weighted by Gasteiger charge is -2.39. The second kappa shape index (κ2) is 5.07. The summed E-state index contributed by atoms with van der Waals surface area (Å²) >= 11 is 0. The quantitative estimate of drug-likeness (QED) is 0.698. The fourth-order valence-electron chi connectivity index (χ4n) is 2.11. The van der Waals surface area contributed by atoms with E-state index in [0.29, 0.717) is 13.1 Å². The van der Waals surface area contributed by atoms with Crippen LogP contribution >= 0.6 is 0 Å². The van der Waals surface area contributed by atoms with E-state index in [1.165, 1.54) is 0 Å². The molecule has 0 N–H and O–H groups in total. The van der Waals surface area contributed by atoms with Gasteiger partial charge in [0, 0.05) is 18.5 Å². The first-order chi connectivity index (χ1) is 7.82. The molecule has 0 radical (unpaired) electrons. The smallest absolute Gasteiger partial charge is 0.410 e. The van der Waals surface area contributed by atoms with Crippen LogP contribution in [0.2, 0.25) is 0 Å².